The number of nitrogens with two attached hydrogens (primary N) is 1. The quantitative estimate of drug-likeness (QED) is 0.823. The first-order valence-electron chi connectivity index (χ1n) is 6.80. The molecule has 1 aliphatic rings. The summed E-state index contributed by atoms with van der Waals surface area (Å²) in [6, 6.07) is 6.18. The molecule has 18 heavy (non-hydrogen) atoms. The van der Waals surface area contributed by atoms with Crippen LogP contribution in [0, 0.1) is 0 Å². The van der Waals surface area contributed by atoms with Gasteiger partial charge in [0.2, 0.25) is 0 Å². The van der Waals surface area contributed by atoms with E-state index < -0.39 is 0 Å². The zero-order chi connectivity index (χ0) is 12.5. The summed E-state index contributed by atoms with van der Waals surface area (Å²) >= 11 is 0. The third kappa shape index (κ3) is 1.99. The normalized spacial score (nSPS) is 17.4. The van der Waals surface area contributed by atoms with Crippen LogP contribution in [-0.4, -0.2) is 22.6 Å². The Kier molecular flexibility index (Phi) is 3.00. The fourth-order valence-electron chi connectivity index (χ4n) is 3.05. The van der Waals surface area contributed by atoms with E-state index in [1.54, 1.807) is 0 Å². The molecule has 0 unspecified atom stereocenters. The molecule has 0 aliphatic carbocycles. The second kappa shape index (κ2) is 4.65. The summed E-state index contributed by atoms with van der Waals surface area (Å²) in [4.78, 5) is 2.55. The van der Waals surface area contributed by atoms with Crippen LogP contribution < -0.4 is 5.73 Å². The van der Waals surface area contributed by atoms with E-state index in [4.69, 9.17) is 5.73 Å². The minimum Gasteiger partial charge on any atom is -0.398 e. The van der Waals surface area contributed by atoms with Gasteiger partial charge in [-0.15, -0.1) is 0 Å². The summed E-state index contributed by atoms with van der Waals surface area (Å²) in [7, 11) is 2.10. The molecule has 2 aromatic rings. The van der Waals surface area contributed by atoms with Gasteiger partial charge in [0.25, 0.3) is 0 Å². The average Bonchev–Trinajstić information content (AvgIpc) is 2.69. The fraction of sp³-hybridized carbons (Fsp3) is 0.467. The summed E-state index contributed by atoms with van der Waals surface area (Å²) in [6.45, 7) is 3.48. The van der Waals surface area contributed by atoms with Crippen molar-refractivity contribution in [3.63, 3.8) is 0 Å². The van der Waals surface area contributed by atoms with Crippen molar-refractivity contribution in [1.29, 1.82) is 0 Å². The maximum Gasteiger partial charge on any atom is 0.0501 e. The largest absolute Gasteiger partial charge is 0.398 e. The number of likely N-dealkylation sites (tertiary alicyclic amines) is 1. The Morgan fingerprint density at radius 3 is 2.72 bits per heavy atom. The van der Waals surface area contributed by atoms with Gasteiger partial charge in [0, 0.05) is 30.9 Å². The molecule has 0 spiro atoms. The number of fused-ring (bicyclic) bond motifs is 1. The molecule has 3 heteroatoms. The molecule has 2 N–H and O–H groups in total. The maximum absolute atomic E-state index is 6.14. The third-order valence-corrected chi connectivity index (χ3v) is 3.97. The van der Waals surface area contributed by atoms with E-state index in [9.17, 15) is 0 Å². The SMILES string of the molecule is Cn1cc(CN2CCCCC2)c2c(N)cccc21. The van der Waals surface area contributed by atoms with Crippen LogP contribution in [0.4, 0.5) is 5.69 Å². The Labute approximate surface area is 108 Å². The van der Waals surface area contributed by atoms with Gasteiger partial charge in [-0.05, 0) is 43.6 Å². The molecular weight excluding hydrogens is 222 g/mol. The van der Waals surface area contributed by atoms with E-state index in [2.05, 4.69) is 28.8 Å². The lowest BCUT2D eigenvalue weighted by Gasteiger charge is -2.26. The van der Waals surface area contributed by atoms with Gasteiger partial charge in [0.15, 0.2) is 0 Å². The topological polar surface area (TPSA) is 34.2 Å². The number of rotatable bonds is 2. The first-order chi connectivity index (χ1) is 8.75. The number of aromatic nitrogens is 1. The van der Waals surface area contributed by atoms with Crippen molar-refractivity contribution in [3.05, 3.63) is 30.0 Å². The van der Waals surface area contributed by atoms with E-state index in [0.29, 0.717) is 0 Å². The van der Waals surface area contributed by atoms with Gasteiger partial charge in [-0.2, -0.15) is 0 Å². The highest BCUT2D eigenvalue weighted by Crippen LogP contribution is 2.28. The predicted molar refractivity (Wildman–Crippen MR) is 76.5 cm³/mol. The van der Waals surface area contributed by atoms with E-state index in [-0.39, 0.29) is 0 Å². The van der Waals surface area contributed by atoms with Gasteiger partial charge in [-0.3, -0.25) is 4.90 Å². The van der Waals surface area contributed by atoms with Crippen LogP contribution in [0.3, 0.4) is 0 Å². The smallest absolute Gasteiger partial charge is 0.0501 e. The van der Waals surface area contributed by atoms with Crippen molar-refractivity contribution < 1.29 is 0 Å². The molecule has 1 aromatic heterocycles. The maximum atomic E-state index is 6.14. The van der Waals surface area contributed by atoms with E-state index >= 15 is 0 Å². The van der Waals surface area contributed by atoms with Gasteiger partial charge in [-0.25, -0.2) is 0 Å². The number of benzene rings is 1. The highest BCUT2D eigenvalue weighted by molar-refractivity contribution is 5.94. The van der Waals surface area contributed by atoms with Crippen molar-refractivity contribution in [2.75, 3.05) is 18.8 Å². The molecule has 0 saturated carbocycles. The summed E-state index contributed by atoms with van der Waals surface area (Å²) in [5, 5.41) is 1.24. The van der Waals surface area contributed by atoms with E-state index in [0.717, 1.165) is 12.2 Å². The molecule has 0 amide bonds. The molecule has 2 heterocycles. The Bertz CT molecular complexity index is 550. The molecule has 3 nitrogen and oxygen atoms in total. The minimum atomic E-state index is 0.903. The third-order valence-electron chi connectivity index (χ3n) is 3.97. The van der Waals surface area contributed by atoms with E-state index in [1.807, 2.05) is 12.1 Å². The Morgan fingerprint density at radius 1 is 1.17 bits per heavy atom. The standard InChI is InChI=1S/C15H21N3/c1-17-10-12(11-18-8-3-2-4-9-18)15-13(16)6-5-7-14(15)17/h5-7,10H,2-4,8-9,11,16H2,1H3. The van der Waals surface area contributed by atoms with Gasteiger partial charge in [-0.1, -0.05) is 12.5 Å². The molecule has 96 valence electrons. The summed E-state index contributed by atoms with van der Waals surface area (Å²) in [6.07, 6.45) is 6.28. The Hall–Kier alpha value is -1.48. The molecule has 1 fully saturated rings. The van der Waals surface area contributed by atoms with Crippen molar-refractivity contribution in [3.8, 4) is 0 Å². The first-order valence-corrected chi connectivity index (χ1v) is 6.80. The number of piperidine rings is 1. The summed E-state index contributed by atoms with van der Waals surface area (Å²) < 4.78 is 2.19. The number of nitrogens with zero attached hydrogens (tertiary/aromatic N) is 2. The highest BCUT2D eigenvalue weighted by atomic mass is 15.1. The molecule has 1 aliphatic heterocycles. The van der Waals surface area contributed by atoms with Crippen molar-refractivity contribution in [2.45, 2.75) is 25.8 Å². The second-order valence-electron chi connectivity index (χ2n) is 5.34. The second-order valence-corrected chi connectivity index (χ2v) is 5.34. The van der Waals surface area contributed by atoms with Crippen LogP contribution in [0.25, 0.3) is 10.9 Å². The van der Waals surface area contributed by atoms with Gasteiger partial charge < -0.3 is 10.3 Å². The van der Waals surface area contributed by atoms with E-state index in [1.165, 1.54) is 48.8 Å². The molecule has 0 radical (unpaired) electrons. The first kappa shape index (κ1) is 11.6. The van der Waals surface area contributed by atoms with Crippen LogP contribution >= 0.6 is 0 Å². The molecule has 3 rings (SSSR count). The predicted octanol–water partition coefficient (Wildman–Crippen LogP) is 2.75. The molecular formula is C15H21N3. The number of nitrogen functional groups attached to an aromatic ring is 1. The van der Waals surface area contributed by atoms with Gasteiger partial charge >= 0.3 is 0 Å². The van der Waals surface area contributed by atoms with Crippen molar-refractivity contribution in [2.24, 2.45) is 7.05 Å². The monoisotopic (exact) mass is 243 g/mol. The van der Waals surface area contributed by atoms with Crippen LogP contribution in [0.5, 0.6) is 0 Å². The van der Waals surface area contributed by atoms with Crippen LogP contribution in [-0.2, 0) is 13.6 Å². The Balaban J connectivity index is 1.96. The summed E-state index contributed by atoms with van der Waals surface area (Å²) in [5.41, 5.74) is 9.65. The van der Waals surface area contributed by atoms with Crippen molar-refractivity contribution >= 4 is 16.6 Å². The molecule has 0 atom stereocenters. The van der Waals surface area contributed by atoms with Gasteiger partial charge in [0.1, 0.15) is 0 Å². The lowest BCUT2D eigenvalue weighted by molar-refractivity contribution is 0.221. The zero-order valence-corrected chi connectivity index (χ0v) is 11.0. The minimum absolute atomic E-state index is 0.903. The number of hydrogen-bond donors (Lipinski definition) is 1. The number of anilines is 1. The molecule has 1 aromatic carbocycles. The van der Waals surface area contributed by atoms with Crippen LogP contribution in [0.2, 0.25) is 0 Å². The number of hydrogen-bond acceptors (Lipinski definition) is 2. The van der Waals surface area contributed by atoms with Crippen LogP contribution in [0.1, 0.15) is 24.8 Å². The number of aryl methyl sites for hydroxylation is 1. The molecule has 0 bridgehead atoms. The highest BCUT2D eigenvalue weighted by Gasteiger charge is 2.15. The fourth-order valence-corrected chi connectivity index (χ4v) is 3.05. The van der Waals surface area contributed by atoms with Crippen molar-refractivity contribution in [1.82, 2.24) is 9.47 Å². The average molecular weight is 243 g/mol. The van der Waals surface area contributed by atoms with Crippen LogP contribution in [0.15, 0.2) is 24.4 Å². The molecule has 1 saturated heterocycles. The zero-order valence-electron chi connectivity index (χ0n) is 11.0. The summed E-state index contributed by atoms with van der Waals surface area (Å²) in [5.74, 6) is 0. The lowest BCUT2D eigenvalue weighted by atomic mass is 10.1. The Morgan fingerprint density at radius 2 is 1.94 bits per heavy atom. The van der Waals surface area contributed by atoms with Gasteiger partial charge in [0.05, 0.1) is 5.52 Å². The lowest BCUT2D eigenvalue weighted by Crippen LogP contribution is -2.29.